The fraction of sp³-hybridized carbons (Fsp3) is 0. The second kappa shape index (κ2) is 6.72. The standard InChI is InChI=1S/C28H18BNO3/c31-29(32)22-15-16-24(26-21-10-4-6-12-25(21)33-28(22)26)30-23-11-5-3-9-19(23)20-14-13-17-7-1-2-8-18(17)27(20)30/h1-16,31-32H. The molecule has 0 spiro atoms. The Morgan fingerprint density at radius 2 is 1.36 bits per heavy atom. The van der Waals surface area contributed by atoms with Crippen molar-refractivity contribution in [2.45, 2.75) is 0 Å². The lowest BCUT2D eigenvalue weighted by Gasteiger charge is -2.13. The summed E-state index contributed by atoms with van der Waals surface area (Å²) in [6, 6.07) is 32.7. The van der Waals surface area contributed by atoms with Crippen LogP contribution in [-0.2, 0) is 0 Å². The average Bonchev–Trinajstić information content (AvgIpc) is 3.40. The molecular weight excluding hydrogens is 409 g/mol. The number of nitrogens with zero attached hydrogens (tertiary/aromatic N) is 1. The second-order valence-electron chi connectivity index (χ2n) is 8.39. The van der Waals surface area contributed by atoms with Gasteiger partial charge in [-0.25, -0.2) is 0 Å². The topological polar surface area (TPSA) is 58.5 Å². The molecule has 0 amide bonds. The highest BCUT2D eigenvalue weighted by molar-refractivity contribution is 6.62. The lowest BCUT2D eigenvalue weighted by Crippen LogP contribution is -2.30. The van der Waals surface area contributed by atoms with Crippen LogP contribution >= 0.6 is 0 Å². The van der Waals surface area contributed by atoms with Crippen molar-refractivity contribution in [2.24, 2.45) is 0 Å². The maximum absolute atomic E-state index is 10.0. The molecule has 5 heteroatoms. The number of hydrogen-bond acceptors (Lipinski definition) is 3. The summed E-state index contributed by atoms with van der Waals surface area (Å²) in [5.74, 6) is 0. The SMILES string of the molecule is OB(O)c1ccc(-n2c3ccccc3c3ccc4ccccc4c32)c2c1oc1ccccc12. The van der Waals surface area contributed by atoms with Gasteiger partial charge in [0.05, 0.1) is 22.1 Å². The zero-order valence-corrected chi connectivity index (χ0v) is 17.6. The summed E-state index contributed by atoms with van der Waals surface area (Å²) in [4.78, 5) is 0. The van der Waals surface area contributed by atoms with Crippen LogP contribution in [0, 0.1) is 0 Å². The Morgan fingerprint density at radius 1 is 0.636 bits per heavy atom. The van der Waals surface area contributed by atoms with Gasteiger partial charge in [0.15, 0.2) is 0 Å². The van der Waals surface area contributed by atoms with Crippen LogP contribution in [0.1, 0.15) is 0 Å². The largest absolute Gasteiger partial charge is 0.492 e. The van der Waals surface area contributed by atoms with Crippen LogP contribution in [0.25, 0.3) is 60.2 Å². The number of aromatic nitrogens is 1. The van der Waals surface area contributed by atoms with E-state index in [4.69, 9.17) is 4.42 Å². The van der Waals surface area contributed by atoms with Gasteiger partial charge in [-0.3, -0.25) is 0 Å². The third kappa shape index (κ3) is 2.49. The van der Waals surface area contributed by atoms with Crippen molar-refractivity contribution in [3.8, 4) is 5.69 Å². The first-order valence-corrected chi connectivity index (χ1v) is 10.9. The van der Waals surface area contributed by atoms with Crippen LogP contribution in [0.5, 0.6) is 0 Å². The smallest absolute Gasteiger partial charge is 0.456 e. The molecule has 0 fully saturated rings. The van der Waals surface area contributed by atoms with Crippen molar-refractivity contribution < 1.29 is 14.5 Å². The molecule has 0 bridgehead atoms. The van der Waals surface area contributed by atoms with E-state index >= 15 is 0 Å². The summed E-state index contributed by atoms with van der Waals surface area (Å²) in [5.41, 5.74) is 4.73. The Balaban J connectivity index is 1.76. The Labute approximate surface area is 189 Å². The second-order valence-corrected chi connectivity index (χ2v) is 8.39. The molecule has 4 nitrogen and oxygen atoms in total. The van der Waals surface area contributed by atoms with Crippen LogP contribution in [0.2, 0.25) is 0 Å². The molecule has 0 radical (unpaired) electrons. The normalized spacial score (nSPS) is 11.9. The van der Waals surface area contributed by atoms with E-state index in [1.807, 2.05) is 30.3 Å². The Hall–Kier alpha value is -4.06. The Kier molecular flexibility index (Phi) is 3.77. The van der Waals surface area contributed by atoms with Crippen LogP contribution in [0.15, 0.2) is 101 Å². The fourth-order valence-electron chi connectivity index (χ4n) is 5.20. The lowest BCUT2D eigenvalue weighted by atomic mass is 9.79. The zero-order chi connectivity index (χ0) is 22.1. The number of furan rings is 1. The molecule has 2 N–H and O–H groups in total. The first-order valence-electron chi connectivity index (χ1n) is 10.9. The molecule has 7 aromatic rings. The van der Waals surface area contributed by atoms with E-state index in [0.29, 0.717) is 16.6 Å². The van der Waals surface area contributed by atoms with Gasteiger partial charge >= 0.3 is 7.12 Å². The first kappa shape index (κ1) is 18.5. The number of hydrogen-bond donors (Lipinski definition) is 2. The number of benzene rings is 5. The molecule has 156 valence electrons. The molecule has 0 atom stereocenters. The van der Waals surface area contributed by atoms with Gasteiger partial charge in [-0.05, 0) is 23.6 Å². The first-order chi connectivity index (χ1) is 16.2. The number of fused-ring (bicyclic) bond motifs is 8. The van der Waals surface area contributed by atoms with Gasteiger partial charge in [0.2, 0.25) is 0 Å². The molecule has 0 unspecified atom stereocenters. The van der Waals surface area contributed by atoms with Gasteiger partial charge in [0.1, 0.15) is 11.2 Å². The fourth-order valence-corrected chi connectivity index (χ4v) is 5.20. The molecule has 7 rings (SSSR count). The average molecular weight is 427 g/mol. The number of para-hydroxylation sites is 2. The van der Waals surface area contributed by atoms with E-state index in [9.17, 15) is 10.0 Å². The highest BCUT2D eigenvalue weighted by Crippen LogP contribution is 2.40. The molecular formula is C28H18BNO3. The quantitative estimate of drug-likeness (QED) is 0.358. The maximum Gasteiger partial charge on any atom is 0.492 e. The van der Waals surface area contributed by atoms with E-state index in [2.05, 4.69) is 65.2 Å². The Morgan fingerprint density at radius 3 is 2.21 bits per heavy atom. The van der Waals surface area contributed by atoms with E-state index in [-0.39, 0.29) is 0 Å². The molecule has 0 saturated carbocycles. The maximum atomic E-state index is 10.0. The van der Waals surface area contributed by atoms with Gasteiger partial charge in [-0.1, -0.05) is 78.9 Å². The molecule has 5 aromatic carbocycles. The van der Waals surface area contributed by atoms with Gasteiger partial charge in [-0.15, -0.1) is 0 Å². The van der Waals surface area contributed by atoms with E-state index in [0.717, 1.165) is 27.5 Å². The molecule has 2 aromatic heterocycles. The summed E-state index contributed by atoms with van der Waals surface area (Å²) in [6.07, 6.45) is 0. The minimum absolute atomic E-state index is 0.357. The molecule has 0 aliphatic heterocycles. The monoisotopic (exact) mass is 427 g/mol. The summed E-state index contributed by atoms with van der Waals surface area (Å²) < 4.78 is 8.44. The summed E-state index contributed by atoms with van der Waals surface area (Å²) in [7, 11) is -1.62. The molecule has 0 aliphatic rings. The van der Waals surface area contributed by atoms with Crippen molar-refractivity contribution in [1.82, 2.24) is 4.57 Å². The predicted octanol–water partition coefficient (Wildman–Crippen LogP) is 5.52. The predicted molar refractivity (Wildman–Crippen MR) is 135 cm³/mol. The van der Waals surface area contributed by atoms with Crippen LogP contribution in [0.3, 0.4) is 0 Å². The minimum Gasteiger partial charge on any atom is -0.456 e. The number of rotatable bonds is 2. The van der Waals surface area contributed by atoms with Gasteiger partial charge in [0, 0.05) is 27.0 Å². The molecule has 2 heterocycles. The van der Waals surface area contributed by atoms with Gasteiger partial charge < -0.3 is 19.0 Å². The van der Waals surface area contributed by atoms with Gasteiger partial charge in [-0.2, -0.15) is 0 Å². The summed E-state index contributed by atoms with van der Waals surface area (Å²) in [5, 5.41) is 26.6. The van der Waals surface area contributed by atoms with Gasteiger partial charge in [0.25, 0.3) is 0 Å². The third-order valence-electron chi connectivity index (χ3n) is 6.61. The molecule has 33 heavy (non-hydrogen) atoms. The zero-order valence-electron chi connectivity index (χ0n) is 17.6. The summed E-state index contributed by atoms with van der Waals surface area (Å²) >= 11 is 0. The minimum atomic E-state index is -1.62. The van der Waals surface area contributed by atoms with E-state index in [1.54, 1.807) is 6.07 Å². The van der Waals surface area contributed by atoms with Crippen molar-refractivity contribution in [1.29, 1.82) is 0 Å². The van der Waals surface area contributed by atoms with Crippen LogP contribution < -0.4 is 5.46 Å². The van der Waals surface area contributed by atoms with Crippen LogP contribution in [0.4, 0.5) is 0 Å². The van der Waals surface area contributed by atoms with Crippen LogP contribution in [-0.4, -0.2) is 21.7 Å². The third-order valence-corrected chi connectivity index (χ3v) is 6.61. The van der Waals surface area contributed by atoms with Crippen molar-refractivity contribution in [3.05, 3.63) is 97.1 Å². The van der Waals surface area contributed by atoms with Crippen molar-refractivity contribution >= 4 is 67.1 Å². The Bertz CT molecular complexity index is 1860. The van der Waals surface area contributed by atoms with E-state index in [1.165, 1.54) is 21.5 Å². The van der Waals surface area contributed by atoms with Crippen molar-refractivity contribution in [3.63, 3.8) is 0 Å². The lowest BCUT2D eigenvalue weighted by molar-refractivity contribution is 0.425. The van der Waals surface area contributed by atoms with Crippen molar-refractivity contribution in [2.75, 3.05) is 0 Å². The highest BCUT2D eigenvalue weighted by atomic mass is 16.4. The highest BCUT2D eigenvalue weighted by Gasteiger charge is 2.24. The molecule has 0 aliphatic carbocycles. The molecule has 0 saturated heterocycles. The van der Waals surface area contributed by atoms with E-state index < -0.39 is 7.12 Å². The summed E-state index contributed by atoms with van der Waals surface area (Å²) in [6.45, 7) is 0.